The van der Waals surface area contributed by atoms with Crippen LogP contribution in [0, 0.1) is 6.92 Å². The number of nitrogens with one attached hydrogen (secondary N) is 1. The van der Waals surface area contributed by atoms with Crippen LogP contribution in [0.2, 0.25) is 0 Å². The van der Waals surface area contributed by atoms with Crippen molar-refractivity contribution in [3.05, 3.63) is 18.1 Å². The van der Waals surface area contributed by atoms with Gasteiger partial charge in [-0.05, 0) is 26.3 Å². The first kappa shape index (κ1) is 9.40. The van der Waals surface area contributed by atoms with Crippen molar-refractivity contribution in [2.75, 3.05) is 13.1 Å². The minimum Gasteiger partial charge on any atom is -0.472 e. The van der Waals surface area contributed by atoms with E-state index < -0.39 is 0 Å². The van der Waals surface area contributed by atoms with Crippen molar-refractivity contribution in [1.29, 1.82) is 0 Å². The van der Waals surface area contributed by atoms with Crippen LogP contribution >= 0.6 is 0 Å². The molecule has 0 spiro atoms. The van der Waals surface area contributed by atoms with Crippen LogP contribution in [-0.2, 0) is 0 Å². The van der Waals surface area contributed by atoms with Gasteiger partial charge in [0, 0.05) is 18.9 Å². The summed E-state index contributed by atoms with van der Waals surface area (Å²) in [6.07, 6.45) is 5.87. The summed E-state index contributed by atoms with van der Waals surface area (Å²) in [7, 11) is 0. The molecule has 76 valence electrons. The van der Waals surface area contributed by atoms with Gasteiger partial charge in [0.1, 0.15) is 6.10 Å². The third-order valence-electron chi connectivity index (χ3n) is 2.37. The number of nitrogens with zero attached hydrogens (tertiary/aromatic N) is 2. The van der Waals surface area contributed by atoms with Crippen molar-refractivity contribution < 1.29 is 4.74 Å². The highest BCUT2D eigenvalue weighted by atomic mass is 16.5. The van der Waals surface area contributed by atoms with E-state index in [1.54, 1.807) is 12.4 Å². The molecule has 1 atom stereocenters. The van der Waals surface area contributed by atoms with Crippen molar-refractivity contribution in [1.82, 2.24) is 15.3 Å². The van der Waals surface area contributed by atoms with Crippen LogP contribution < -0.4 is 10.1 Å². The van der Waals surface area contributed by atoms with Gasteiger partial charge in [-0.1, -0.05) is 0 Å². The van der Waals surface area contributed by atoms with Crippen LogP contribution in [0.3, 0.4) is 0 Å². The summed E-state index contributed by atoms with van der Waals surface area (Å²) in [4.78, 5) is 8.30. The second-order valence-corrected chi connectivity index (χ2v) is 3.53. The van der Waals surface area contributed by atoms with Crippen LogP contribution in [0.1, 0.15) is 18.5 Å². The lowest BCUT2D eigenvalue weighted by Crippen LogP contribution is -2.37. The zero-order valence-corrected chi connectivity index (χ0v) is 8.36. The number of piperidine rings is 1. The monoisotopic (exact) mass is 193 g/mol. The summed E-state index contributed by atoms with van der Waals surface area (Å²) in [5.41, 5.74) is 0.859. The Labute approximate surface area is 83.7 Å². The van der Waals surface area contributed by atoms with Gasteiger partial charge < -0.3 is 10.1 Å². The molecule has 0 amide bonds. The van der Waals surface area contributed by atoms with E-state index in [1.807, 2.05) is 6.92 Å². The summed E-state index contributed by atoms with van der Waals surface area (Å²) in [5, 5.41) is 3.30. The third-order valence-corrected chi connectivity index (χ3v) is 2.37. The molecule has 0 saturated carbocycles. The van der Waals surface area contributed by atoms with Gasteiger partial charge in [-0.3, -0.25) is 4.98 Å². The van der Waals surface area contributed by atoms with Crippen LogP contribution in [0.15, 0.2) is 12.4 Å². The molecule has 1 aromatic rings. The molecule has 0 aliphatic carbocycles. The van der Waals surface area contributed by atoms with Crippen LogP contribution in [-0.4, -0.2) is 29.2 Å². The van der Waals surface area contributed by atoms with Gasteiger partial charge in [0.25, 0.3) is 0 Å². The number of aromatic nitrogens is 2. The van der Waals surface area contributed by atoms with Crippen molar-refractivity contribution in [2.24, 2.45) is 0 Å². The largest absolute Gasteiger partial charge is 0.472 e. The van der Waals surface area contributed by atoms with Crippen molar-refractivity contribution in [3.63, 3.8) is 0 Å². The Morgan fingerprint density at radius 1 is 1.43 bits per heavy atom. The Morgan fingerprint density at radius 3 is 3.00 bits per heavy atom. The van der Waals surface area contributed by atoms with Gasteiger partial charge in [-0.2, -0.15) is 0 Å². The number of rotatable bonds is 2. The number of hydrogen-bond donors (Lipinski definition) is 1. The summed E-state index contributed by atoms with van der Waals surface area (Å²) >= 11 is 0. The smallest absolute Gasteiger partial charge is 0.235 e. The Balaban J connectivity index is 1.99. The molecule has 1 aliphatic heterocycles. The molecule has 1 aromatic heterocycles. The molecule has 1 N–H and O–H groups in total. The molecule has 4 heteroatoms. The first-order valence-corrected chi connectivity index (χ1v) is 5.01. The lowest BCUT2D eigenvalue weighted by Gasteiger charge is -2.23. The summed E-state index contributed by atoms with van der Waals surface area (Å²) in [5.74, 6) is 0.668. The highest BCUT2D eigenvalue weighted by Crippen LogP contribution is 2.14. The van der Waals surface area contributed by atoms with E-state index in [4.69, 9.17) is 4.74 Å². The Bertz CT molecular complexity index is 297. The fourth-order valence-corrected chi connectivity index (χ4v) is 1.59. The van der Waals surface area contributed by atoms with Gasteiger partial charge in [0.05, 0.1) is 5.69 Å². The fourth-order valence-electron chi connectivity index (χ4n) is 1.59. The lowest BCUT2D eigenvalue weighted by molar-refractivity contribution is 0.158. The van der Waals surface area contributed by atoms with Crippen molar-refractivity contribution in [3.8, 4) is 5.88 Å². The van der Waals surface area contributed by atoms with Gasteiger partial charge in [-0.15, -0.1) is 0 Å². The van der Waals surface area contributed by atoms with Gasteiger partial charge in [0.2, 0.25) is 5.88 Å². The molecule has 0 unspecified atom stereocenters. The predicted molar refractivity (Wildman–Crippen MR) is 53.3 cm³/mol. The van der Waals surface area contributed by atoms with E-state index in [0.29, 0.717) is 5.88 Å². The molecule has 1 saturated heterocycles. The highest BCUT2D eigenvalue weighted by molar-refractivity contribution is 5.15. The van der Waals surface area contributed by atoms with E-state index in [9.17, 15) is 0 Å². The molecule has 4 nitrogen and oxygen atoms in total. The van der Waals surface area contributed by atoms with Crippen molar-refractivity contribution in [2.45, 2.75) is 25.9 Å². The zero-order chi connectivity index (χ0) is 9.80. The molecule has 0 aromatic carbocycles. The van der Waals surface area contributed by atoms with Crippen molar-refractivity contribution >= 4 is 0 Å². The maximum absolute atomic E-state index is 5.75. The molecule has 0 bridgehead atoms. The Kier molecular flexibility index (Phi) is 2.93. The lowest BCUT2D eigenvalue weighted by atomic mass is 10.1. The van der Waals surface area contributed by atoms with Gasteiger partial charge in [-0.25, -0.2) is 4.98 Å². The average Bonchev–Trinajstić information content (AvgIpc) is 2.23. The molecule has 1 fully saturated rings. The minimum absolute atomic E-state index is 0.249. The number of ether oxygens (including phenoxy) is 1. The maximum Gasteiger partial charge on any atom is 0.235 e. The van der Waals surface area contributed by atoms with Gasteiger partial charge in [0.15, 0.2) is 0 Å². The van der Waals surface area contributed by atoms with E-state index in [0.717, 1.165) is 25.2 Å². The van der Waals surface area contributed by atoms with Crippen LogP contribution in [0.25, 0.3) is 0 Å². The summed E-state index contributed by atoms with van der Waals surface area (Å²) < 4.78 is 5.75. The first-order valence-electron chi connectivity index (χ1n) is 5.01. The zero-order valence-electron chi connectivity index (χ0n) is 8.36. The molecule has 14 heavy (non-hydrogen) atoms. The topological polar surface area (TPSA) is 47.0 Å². The predicted octanol–water partition coefficient (Wildman–Crippen LogP) is 0.916. The maximum atomic E-state index is 5.75. The molecule has 1 aliphatic rings. The second kappa shape index (κ2) is 4.37. The Morgan fingerprint density at radius 2 is 2.29 bits per heavy atom. The quantitative estimate of drug-likeness (QED) is 0.758. The normalized spacial score (nSPS) is 21.9. The molecular weight excluding hydrogens is 178 g/mol. The first-order chi connectivity index (χ1) is 6.86. The van der Waals surface area contributed by atoms with Gasteiger partial charge >= 0.3 is 0 Å². The Hall–Kier alpha value is -1.16. The minimum atomic E-state index is 0.249. The molecule has 2 heterocycles. The van der Waals surface area contributed by atoms with E-state index in [2.05, 4.69) is 15.3 Å². The van der Waals surface area contributed by atoms with E-state index in [1.165, 1.54) is 6.42 Å². The standard InChI is InChI=1S/C10H15N3O/c1-8-10(13-6-5-12-8)14-9-3-2-4-11-7-9/h5-6,9,11H,2-4,7H2,1H3/t9-/m1/s1. The highest BCUT2D eigenvalue weighted by Gasteiger charge is 2.15. The summed E-state index contributed by atoms with van der Waals surface area (Å²) in [6.45, 7) is 3.92. The molecular formula is C10H15N3O. The number of hydrogen-bond acceptors (Lipinski definition) is 4. The fraction of sp³-hybridized carbons (Fsp3) is 0.600. The third kappa shape index (κ3) is 2.20. The average molecular weight is 193 g/mol. The van der Waals surface area contributed by atoms with Crippen LogP contribution in [0.4, 0.5) is 0 Å². The SMILES string of the molecule is Cc1nccnc1O[C@@H]1CCCNC1. The summed E-state index contributed by atoms with van der Waals surface area (Å²) in [6, 6.07) is 0. The van der Waals surface area contributed by atoms with E-state index in [-0.39, 0.29) is 6.10 Å². The van der Waals surface area contributed by atoms with Crippen LogP contribution in [0.5, 0.6) is 5.88 Å². The second-order valence-electron chi connectivity index (χ2n) is 3.53. The van der Waals surface area contributed by atoms with E-state index >= 15 is 0 Å². The number of aryl methyl sites for hydroxylation is 1. The molecule has 0 radical (unpaired) electrons. The molecule has 2 rings (SSSR count).